The summed E-state index contributed by atoms with van der Waals surface area (Å²) in [4.78, 5) is 7.76. The SMILES string of the molecule is c1ccc(B2CCON2c2ccccc2)cc1. The number of hydrogen-bond donors (Lipinski definition) is 0. The van der Waals surface area contributed by atoms with Crippen LogP contribution in [0, 0.1) is 0 Å². The molecule has 1 aliphatic heterocycles. The Morgan fingerprint density at radius 3 is 2.24 bits per heavy atom. The van der Waals surface area contributed by atoms with Crippen LogP contribution in [0.1, 0.15) is 0 Å². The zero-order valence-corrected chi connectivity index (χ0v) is 9.62. The summed E-state index contributed by atoms with van der Waals surface area (Å²) < 4.78 is 0. The zero-order valence-electron chi connectivity index (χ0n) is 9.62. The maximum atomic E-state index is 5.74. The largest absolute Gasteiger partial charge is 0.324 e. The molecule has 3 rings (SSSR count). The lowest BCUT2D eigenvalue weighted by atomic mass is 9.54. The summed E-state index contributed by atoms with van der Waals surface area (Å²) in [6.07, 6.45) is 1.04. The topological polar surface area (TPSA) is 12.5 Å². The number of rotatable bonds is 2. The summed E-state index contributed by atoms with van der Waals surface area (Å²) in [5, 5.41) is 0. The van der Waals surface area contributed by atoms with Crippen LogP contribution in [0.25, 0.3) is 0 Å². The van der Waals surface area contributed by atoms with Crippen molar-refractivity contribution in [3.8, 4) is 0 Å². The summed E-state index contributed by atoms with van der Waals surface area (Å²) in [6, 6.07) is 20.8. The lowest BCUT2D eigenvalue weighted by Gasteiger charge is -2.22. The average Bonchev–Trinajstić information content (AvgIpc) is 2.90. The first kappa shape index (κ1) is 10.4. The molecule has 0 N–H and O–H groups in total. The Labute approximate surface area is 102 Å². The highest BCUT2D eigenvalue weighted by Gasteiger charge is 2.32. The van der Waals surface area contributed by atoms with E-state index in [1.807, 2.05) is 29.2 Å². The number of benzene rings is 2. The first-order valence-electron chi connectivity index (χ1n) is 5.97. The standard InChI is InChI=1S/C14H14BNO/c1-3-7-13(8-4-1)15-11-12-17-16(15)14-9-5-2-6-10-14/h1-10H,11-12H2. The van der Waals surface area contributed by atoms with Crippen molar-refractivity contribution in [2.45, 2.75) is 6.32 Å². The van der Waals surface area contributed by atoms with Crippen molar-refractivity contribution in [2.24, 2.45) is 0 Å². The first-order chi connectivity index (χ1) is 8.45. The molecule has 0 unspecified atom stereocenters. The Kier molecular flexibility index (Phi) is 2.84. The van der Waals surface area contributed by atoms with E-state index in [0.29, 0.717) is 6.85 Å². The van der Waals surface area contributed by atoms with E-state index >= 15 is 0 Å². The summed E-state index contributed by atoms with van der Waals surface area (Å²) in [5.74, 6) is 0. The van der Waals surface area contributed by atoms with Crippen molar-refractivity contribution in [3.05, 3.63) is 60.7 Å². The van der Waals surface area contributed by atoms with E-state index in [2.05, 4.69) is 36.4 Å². The average molecular weight is 223 g/mol. The highest BCUT2D eigenvalue weighted by Crippen LogP contribution is 2.21. The molecule has 2 aromatic carbocycles. The molecular formula is C14H14BNO. The van der Waals surface area contributed by atoms with E-state index in [1.54, 1.807) is 0 Å². The number of hydrogen-bond acceptors (Lipinski definition) is 2. The van der Waals surface area contributed by atoms with Crippen molar-refractivity contribution >= 4 is 18.0 Å². The van der Waals surface area contributed by atoms with Crippen LogP contribution >= 0.6 is 0 Å². The van der Waals surface area contributed by atoms with E-state index < -0.39 is 0 Å². The minimum atomic E-state index is 0.332. The van der Waals surface area contributed by atoms with Gasteiger partial charge in [-0.2, -0.15) is 0 Å². The van der Waals surface area contributed by atoms with E-state index in [4.69, 9.17) is 4.84 Å². The Morgan fingerprint density at radius 2 is 1.53 bits per heavy atom. The Balaban J connectivity index is 1.91. The molecular weight excluding hydrogens is 209 g/mol. The van der Waals surface area contributed by atoms with Gasteiger partial charge in [-0.05, 0) is 18.5 Å². The quantitative estimate of drug-likeness (QED) is 0.724. The van der Waals surface area contributed by atoms with E-state index in [9.17, 15) is 0 Å². The Hall–Kier alpha value is -1.74. The molecule has 0 aromatic heterocycles. The van der Waals surface area contributed by atoms with Crippen molar-refractivity contribution in [1.29, 1.82) is 0 Å². The fraction of sp³-hybridized carbons (Fsp3) is 0.143. The number of anilines is 1. The molecule has 0 atom stereocenters. The smallest absolute Gasteiger partial charge is 0.295 e. The molecule has 3 heteroatoms. The second-order valence-corrected chi connectivity index (χ2v) is 4.21. The van der Waals surface area contributed by atoms with Gasteiger partial charge in [0.05, 0.1) is 6.61 Å². The van der Waals surface area contributed by atoms with Gasteiger partial charge in [-0.25, -0.2) is 0 Å². The molecule has 2 nitrogen and oxygen atoms in total. The minimum absolute atomic E-state index is 0.332. The van der Waals surface area contributed by atoms with Gasteiger partial charge in [0.15, 0.2) is 0 Å². The summed E-state index contributed by atoms with van der Waals surface area (Å²) in [7, 11) is 0. The van der Waals surface area contributed by atoms with Crippen LogP contribution in [-0.2, 0) is 4.84 Å². The normalized spacial score (nSPS) is 15.3. The van der Waals surface area contributed by atoms with Crippen LogP contribution in [0.15, 0.2) is 60.7 Å². The second-order valence-electron chi connectivity index (χ2n) is 4.21. The van der Waals surface area contributed by atoms with Gasteiger partial charge in [0.1, 0.15) is 0 Å². The molecule has 0 radical (unpaired) electrons. The molecule has 17 heavy (non-hydrogen) atoms. The highest BCUT2D eigenvalue weighted by atomic mass is 16.7. The monoisotopic (exact) mass is 223 g/mol. The molecule has 1 heterocycles. The van der Waals surface area contributed by atoms with Crippen molar-refractivity contribution < 1.29 is 4.84 Å². The molecule has 0 aliphatic carbocycles. The van der Waals surface area contributed by atoms with E-state index in [0.717, 1.165) is 18.6 Å². The lowest BCUT2D eigenvalue weighted by molar-refractivity contribution is 0.185. The summed E-state index contributed by atoms with van der Waals surface area (Å²) in [6.45, 7) is 1.12. The van der Waals surface area contributed by atoms with Gasteiger partial charge in [-0.1, -0.05) is 54.0 Å². The molecule has 2 aromatic rings. The third-order valence-electron chi connectivity index (χ3n) is 3.10. The van der Waals surface area contributed by atoms with Crippen LogP contribution in [-0.4, -0.2) is 13.5 Å². The van der Waals surface area contributed by atoms with Crippen LogP contribution in [0.2, 0.25) is 6.32 Å². The van der Waals surface area contributed by atoms with Gasteiger partial charge in [-0.15, -0.1) is 0 Å². The number of nitrogens with zero attached hydrogens (tertiary/aromatic N) is 1. The highest BCUT2D eigenvalue weighted by molar-refractivity contribution is 6.76. The minimum Gasteiger partial charge on any atom is -0.295 e. The second kappa shape index (κ2) is 4.64. The van der Waals surface area contributed by atoms with Gasteiger partial charge < -0.3 is 0 Å². The Bertz CT molecular complexity index is 429. The third-order valence-corrected chi connectivity index (χ3v) is 3.10. The van der Waals surface area contributed by atoms with Crippen molar-refractivity contribution in [1.82, 2.24) is 0 Å². The molecule has 0 bridgehead atoms. The Morgan fingerprint density at radius 1 is 0.882 bits per heavy atom. The predicted molar refractivity (Wildman–Crippen MR) is 71.5 cm³/mol. The predicted octanol–water partition coefficient (Wildman–Crippen LogP) is 2.34. The molecule has 1 aliphatic rings. The van der Waals surface area contributed by atoms with Crippen LogP contribution < -0.4 is 10.4 Å². The molecule has 0 spiro atoms. The van der Waals surface area contributed by atoms with Crippen LogP contribution in [0.5, 0.6) is 0 Å². The number of para-hydroxylation sites is 1. The fourth-order valence-electron chi connectivity index (χ4n) is 2.28. The summed E-state index contributed by atoms with van der Waals surface area (Å²) in [5.41, 5.74) is 2.44. The molecule has 0 saturated carbocycles. The molecule has 84 valence electrons. The van der Waals surface area contributed by atoms with E-state index in [-0.39, 0.29) is 0 Å². The molecule has 1 fully saturated rings. The lowest BCUT2D eigenvalue weighted by Crippen LogP contribution is -2.42. The van der Waals surface area contributed by atoms with Gasteiger partial charge >= 0.3 is 6.85 Å². The zero-order chi connectivity index (χ0) is 11.5. The van der Waals surface area contributed by atoms with Crippen molar-refractivity contribution in [2.75, 3.05) is 11.6 Å². The van der Waals surface area contributed by atoms with E-state index in [1.165, 1.54) is 5.46 Å². The third kappa shape index (κ3) is 2.06. The fourth-order valence-corrected chi connectivity index (χ4v) is 2.28. The maximum Gasteiger partial charge on any atom is 0.324 e. The first-order valence-corrected chi connectivity index (χ1v) is 5.97. The van der Waals surface area contributed by atoms with Crippen LogP contribution in [0.4, 0.5) is 5.69 Å². The molecule has 1 saturated heterocycles. The van der Waals surface area contributed by atoms with Gasteiger partial charge in [0.25, 0.3) is 0 Å². The van der Waals surface area contributed by atoms with Gasteiger partial charge in [-0.3, -0.25) is 9.81 Å². The van der Waals surface area contributed by atoms with Gasteiger partial charge in [0, 0.05) is 5.69 Å². The maximum absolute atomic E-state index is 5.74. The molecule has 0 amide bonds. The van der Waals surface area contributed by atoms with Crippen molar-refractivity contribution in [3.63, 3.8) is 0 Å². The van der Waals surface area contributed by atoms with Crippen LogP contribution in [0.3, 0.4) is 0 Å². The summed E-state index contributed by atoms with van der Waals surface area (Å²) >= 11 is 0. The van der Waals surface area contributed by atoms with Gasteiger partial charge in [0.2, 0.25) is 0 Å².